The second kappa shape index (κ2) is 8.53. The highest BCUT2D eigenvalue weighted by molar-refractivity contribution is 5.60. The molecule has 0 aliphatic carbocycles. The fraction of sp³-hybridized carbons (Fsp3) is 0.188. The van der Waals surface area contributed by atoms with Crippen LogP contribution < -0.4 is 10.6 Å². The van der Waals surface area contributed by atoms with Crippen LogP contribution in [0.3, 0.4) is 0 Å². The number of anilines is 1. The van der Waals surface area contributed by atoms with Crippen molar-refractivity contribution in [2.45, 2.75) is 0 Å². The number of nitro groups is 1. The summed E-state index contributed by atoms with van der Waals surface area (Å²) in [6.45, 7) is 2.25. The molecule has 0 spiro atoms. The third-order valence-corrected chi connectivity index (χ3v) is 3.00. The summed E-state index contributed by atoms with van der Waals surface area (Å²) in [7, 11) is 0. The molecule has 22 heavy (non-hydrogen) atoms. The molecule has 114 valence electrons. The van der Waals surface area contributed by atoms with E-state index >= 15 is 0 Å². The Labute approximate surface area is 129 Å². The van der Waals surface area contributed by atoms with Crippen molar-refractivity contribution in [1.29, 1.82) is 0 Å². The number of hydrogen-bond donors (Lipinski definition) is 2. The number of nitrogens with one attached hydrogen (secondary N) is 2. The minimum atomic E-state index is -0.369. The zero-order chi connectivity index (χ0) is 15.6. The van der Waals surface area contributed by atoms with Crippen LogP contribution in [0.1, 0.15) is 5.56 Å². The van der Waals surface area contributed by atoms with E-state index in [4.69, 9.17) is 0 Å². The van der Waals surface area contributed by atoms with E-state index in [9.17, 15) is 10.1 Å². The lowest BCUT2D eigenvalue weighted by molar-refractivity contribution is -0.385. The van der Waals surface area contributed by atoms with Gasteiger partial charge in [-0.2, -0.15) is 0 Å². The summed E-state index contributed by atoms with van der Waals surface area (Å²) in [6.07, 6.45) is 7.13. The topological polar surface area (TPSA) is 80.1 Å². The van der Waals surface area contributed by atoms with E-state index in [1.54, 1.807) is 36.7 Å². The van der Waals surface area contributed by atoms with Crippen LogP contribution in [0.25, 0.3) is 6.08 Å². The minimum Gasteiger partial charge on any atom is -0.384 e. The molecule has 0 radical (unpaired) electrons. The first-order valence-electron chi connectivity index (χ1n) is 7.02. The number of nitrogens with zero attached hydrogens (tertiary/aromatic N) is 2. The fourth-order valence-electron chi connectivity index (χ4n) is 1.93. The maximum absolute atomic E-state index is 10.9. The minimum absolute atomic E-state index is 0.123. The van der Waals surface area contributed by atoms with Gasteiger partial charge in [0.15, 0.2) is 0 Å². The lowest BCUT2D eigenvalue weighted by atomic mass is 10.1. The van der Waals surface area contributed by atoms with E-state index in [1.807, 2.05) is 18.2 Å². The lowest BCUT2D eigenvalue weighted by Crippen LogP contribution is -2.22. The number of rotatable bonds is 8. The van der Waals surface area contributed by atoms with E-state index in [2.05, 4.69) is 15.6 Å². The molecule has 0 atom stereocenters. The van der Waals surface area contributed by atoms with Crippen molar-refractivity contribution >= 4 is 17.5 Å². The van der Waals surface area contributed by atoms with Crippen LogP contribution in [0.5, 0.6) is 0 Å². The van der Waals surface area contributed by atoms with Crippen molar-refractivity contribution in [2.75, 3.05) is 25.0 Å². The molecule has 0 bridgehead atoms. The van der Waals surface area contributed by atoms with Crippen LogP contribution in [-0.2, 0) is 0 Å². The van der Waals surface area contributed by atoms with Crippen LogP contribution in [-0.4, -0.2) is 29.5 Å². The first-order valence-corrected chi connectivity index (χ1v) is 7.02. The fourth-order valence-corrected chi connectivity index (χ4v) is 1.93. The predicted octanol–water partition coefficient (Wildman–Crippen LogP) is 2.70. The van der Waals surface area contributed by atoms with E-state index in [-0.39, 0.29) is 10.6 Å². The first-order chi connectivity index (χ1) is 10.8. The zero-order valence-electron chi connectivity index (χ0n) is 12.1. The van der Waals surface area contributed by atoms with Gasteiger partial charge < -0.3 is 10.6 Å². The van der Waals surface area contributed by atoms with Crippen molar-refractivity contribution in [3.05, 3.63) is 70.5 Å². The Morgan fingerprint density at radius 3 is 2.68 bits per heavy atom. The highest BCUT2D eigenvalue weighted by Gasteiger charge is 2.08. The van der Waals surface area contributed by atoms with Crippen LogP contribution in [0, 0.1) is 10.1 Å². The van der Waals surface area contributed by atoms with E-state index in [0.717, 1.165) is 18.8 Å². The van der Waals surface area contributed by atoms with Gasteiger partial charge in [0, 0.05) is 43.8 Å². The number of pyridine rings is 1. The maximum Gasteiger partial charge on any atom is 0.276 e. The second-order valence-corrected chi connectivity index (χ2v) is 4.59. The van der Waals surface area contributed by atoms with Gasteiger partial charge in [-0.25, -0.2) is 0 Å². The number of nitro benzene ring substituents is 1. The van der Waals surface area contributed by atoms with Crippen molar-refractivity contribution in [2.24, 2.45) is 0 Å². The first kappa shape index (κ1) is 15.7. The monoisotopic (exact) mass is 298 g/mol. The molecule has 1 aromatic carbocycles. The highest BCUT2D eigenvalue weighted by atomic mass is 16.6. The summed E-state index contributed by atoms with van der Waals surface area (Å²) in [5, 5.41) is 17.4. The van der Waals surface area contributed by atoms with E-state index in [1.165, 1.54) is 6.07 Å². The molecule has 0 aliphatic heterocycles. The van der Waals surface area contributed by atoms with Crippen molar-refractivity contribution in [1.82, 2.24) is 10.3 Å². The van der Waals surface area contributed by atoms with Crippen LogP contribution in [0.4, 0.5) is 11.4 Å². The smallest absolute Gasteiger partial charge is 0.276 e. The molecule has 2 aromatic rings. The molecule has 0 unspecified atom stereocenters. The summed E-state index contributed by atoms with van der Waals surface area (Å²) in [6, 6.07) is 10.5. The summed E-state index contributed by atoms with van der Waals surface area (Å²) in [5.74, 6) is 0. The highest BCUT2D eigenvalue weighted by Crippen LogP contribution is 2.18. The molecular weight excluding hydrogens is 280 g/mol. The molecule has 2 rings (SSSR count). The van der Waals surface area contributed by atoms with E-state index < -0.39 is 0 Å². The summed E-state index contributed by atoms with van der Waals surface area (Å²) < 4.78 is 0. The van der Waals surface area contributed by atoms with Gasteiger partial charge >= 0.3 is 0 Å². The van der Waals surface area contributed by atoms with Gasteiger partial charge in [0.25, 0.3) is 5.69 Å². The Hall–Kier alpha value is -2.73. The number of aromatic nitrogens is 1. The molecular formula is C16H18N4O2. The van der Waals surface area contributed by atoms with Crippen molar-refractivity contribution in [3.63, 3.8) is 0 Å². The van der Waals surface area contributed by atoms with Gasteiger partial charge in [0.05, 0.1) is 10.5 Å². The summed E-state index contributed by atoms with van der Waals surface area (Å²) in [5.41, 5.74) is 1.77. The average molecular weight is 298 g/mol. The molecule has 2 N–H and O–H groups in total. The Kier molecular flexibility index (Phi) is 6.07. The lowest BCUT2D eigenvalue weighted by Gasteiger charge is -2.05. The number of benzene rings is 1. The molecule has 0 fully saturated rings. The Morgan fingerprint density at radius 2 is 1.91 bits per heavy atom. The molecule has 1 heterocycles. The molecule has 0 amide bonds. The van der Waals surface area contributed by atoms with Gasteiger partial charge in [-0.05, 0) is 18.2 Å². The largest absolute Gasteiger partial charge is 0.384 e. The molecule has 0 saturated carbocycles. The van der Waals surface area contributed by atoms with Gasteiger partial charge in [-0.1, -0.05) is 24.3 Å². The Bertz CT molecular complexity index is 629. The molecule has 1 aromatic heterocycles. The van der Waals surface area contributed by atoms with Gasteiger partial charge in [0.1, 0.15) is 0 Å². The van der Waals surface area contributed by atoms with Crippen molar-refractivity contribution < 1.29 is 4.92 Å². The van der Waals surface area contributed by atoms with Crippen LogP contribution in [0.2, 0.25) is 0 Å². The van der Waals surface area contributed by atoms with E-state index in [0.29, 0.717) is 12.1 Å². The Balaban J connectivity index is 1.69. The van der Waals surface area contributed by atoms with Crippen molar-refractivity contribution in [3.8, 4) is 0 Å². The third kappa shape index (κ3) is 4.99. The standard InChI is InChI=1S/C16H18N4O2/c21-20(22)16-6-2-1-4-14(16)5-3-9-17-12-13-19-15-7-10-18-11-8-15/h1-8,10-11,17H,9,12-13H2,(H,18,19)/b5-3+. The van der Waals surface area contributed by atoms with Crippen LogP contribution in [0.15, 0.2) is 54.9 Å². The second-order valence-electron chi connectivity index (χ2n) is 4.59. The van der Waals surface area contributed by atoms with Crippen LogP contribution >= 0.6 is 0 Å². The Morgan fingerprint density at radius 1 is 1.14 bits per heavy atom. The predicted molar refractivity (Wildman–Crippen MR) is 87.7 cm³/mol. The number of hydrogen-bond acceptors (Lipinski definition) is 5. The average Bonchev–Trinajstić information content (AvgIpc) is 2.55. The molecule has 0 saturated heterocycles. The zero-order valence-corrected chi connectivity index (χ0v) is 12.1. The van der Waals surface area contributed by atoms with Gasteiger partial charge in [-0.3, -0.25) is 15.1 Å². The molecule has 0 aliphatic rings. The summed E-state index contributed by atoms with van der Waals surface area (Å²) >= 11 is 0. The molecule has 6 heteroatoms. The molecule has 6 nitrogen and oxygen atoms in total. The maximum atomic E-state index is 10.9. The third-order valence-electron chi connectivity index (χ3n) is 3.00. The van der Waals surface area contributed by atoms with Gasteiger partial charge in [-0.15, -0.1) is 0 Å². The quantitative estimate of drug-likeness (QED) is 0.445. The number of para-hydroxylation sites is 1. The van der Waals surface area contributed by atoms with Gasteiger partial charge in [0.2, 0.25) is 0 Å². The summed E-state index contributed by atoms with van der Waals surface area (Å²) in [4.78, 5) is 14.5. The normalized spacial score (nSPS) is 10.7. The SMILES string of the molecule is O=[N+]([O-])c1ccccc1/C=C/CNCCNc1ccncc1.